The predicted octanol–water partition coefficient (Wildman–Crippen LogP) is 4.20. The quantitative estimate of drug-likeness (QED) is 0.616. The Labute approximate surface area is 205 Å². The van der Waals surface area contributed by atoms with Crippen LogP contribution in [0, 0.1) is 0 Å². The number of amides is 2. The zero-order valence-electron chi connectivity index (χ0n) is 20.3. The number of carbonyl (C=O) groups is 2. The number of hydrogen-bond donors (Lipinski definition) is 1. The Hall–Kier alpha value is -3.48. The van der Waals surface area contributed by atoms with Crippen LogP contribution in [0.15, 0.2) is 42.5 Å². The van der Waals surface area contributed by atoms with Gasteiger partial charge < -0.3 is 24.3 Å². The summed E-state index contributed by atoms with van der Waals surface area (Å²) in [5, 5.41) is 1.10. The Morgan fingerprint density at radius 3 is 2.51 bits per heavy atom. The van der Waals surface area contributed by atoms with Crippen molar-refractivity contribution in [1.29, 1.82) is 0 Å². The molecule has 0 radical (unpaired) electrons. The van der Waals surface area contributed by atoms with E-state index in [0.717, 1.165) is 53.4 Å². The second kappa shape index (κ2) is 8.63. The highest BCUT2D eigenvalue weighted by molar-refractivity contribution is 5.98. The van der Waals surface area contributed by atoms with Crippen LogP contribution in [-0.4, -0.2) is 59.4 Å². The van der Waals surface area contributed by atoms with Crippen LogP contribution in [0.3, 0.4) is 0 Å². The Morgan fingerprint density at radius 2 is 1.74 bits per heavy atom. The van der Waals surface area contributed by atoms with Gasteiger partial charge in [-0.2, -0.15) is 0 Å². The van der Waals surface area contributed by atoms with Gasteiger partial charge in [-0.3, -0.25) is 9.59 Å². The van der Waals surface area contributed by atoms with Crippen LogP contribution >= 0.6 is 0 Å². The molecule has 1 saturated heterocycles. The minimum atomic E-state index is -0.536. The molecule has 7 nitrogen and oxygen atoms in total. The Balaban J connectivity index is 1.52. The number of carbonyl (C=O) groups excluding carboxylic acids is 2. The molecule has 182 valence electrons. The number of para-hydroxylation sites is 2. The molecule has 2 atom stereocenters. The fourth-order valence-electron chi connectivity index (χ4n) is 6.44. The normalized spacial score (nSPS) is 22.8. The number of hydrogen-bond acceptors (Lipinski definition) is 4. The first-order valence-corrected chi connectivity index (χ1v) is 12.5. The summed E-state index contributed by atoms with van der Waals surface area (Å²) >= 11 is 0. The smallest absolute Gasteiger partial charge is 0.246 e. The average molecular weight is 474 g/mol. The average Bonchev–Trinajstić information content (AvgIpc) is 3.28. The molecule has 1 unspecified atom stereocenters. The molecule has 35 heavy (non-hydrogen) atoms. The van der Waals surface area contributed by atoms with Gasteiger partial charge in [-0.15, -0.1) is 0 Å². The summed E-state index contributed by atoms with van der Waals surface area (Å²) in [5.74, 6) is 1.24. The van der Waals surface area contributed by atoms with Crippen molar-refractivity contribution < 1.29 is 19.1 Å². The molecule has 2 aromatic carbocycles. The summed E-state index contributed by atoms with van der Waals surface area (Å²) in [6.45, 7) is 0.137. The van der Waals surface area contributed by atoms with Crippen molar-refractivity contribution in [2.24, 2.45) is 0 Å². The zero-order valence-corrected chi connectivity index (χ0v) is 20.3. The van der Waals surface area contributed by atoms with E-state index >= 15 is 0 Å². The summed E-state index contributed by atoms with van der Waals surface area (Å²) in [4.78, 5) is 35.1. The van der Waals surface area contributed by atoms with E-state index in [9.17, 15) is 9.59 Å². The lowest BCUT2D eigenvalue weighted by Crippen LogP contribution is -2.65. The van der Waals surface area contributed by atoms with Crippen LogP contribution in [0.1, 0.15) is 55.0 Å². The lowest BCUT2D eigenvalue weighted by atomic mass is 9.84. The van der Waals surface area contributed by atoms with Crippen molar-refractivity contribution in [3.8, 4) is 11.5 Å². The number of rotatable bonds is 4. The Bertz CT molecular complexity index is 1290. The predicted molar refractivity (Wildman–Crippen MR) is 133 cm³/mol. The van der Waals surface area contributed by atoms with Gasteiger partial charge >= 0.3 is 0 Å². The minimum Gasteiger partial charge on any atom is -0.493 e. The largest absolute Gasteiger partial charge is 0.493 e. The van der Waals surface area contributed by atoms with Crippen LogP contribution in [0.2, 0.25) is 0 Å². The number of aromatic amines is 1. The van der Waals surface area contributed by atoms with Crippen LogP contribution in [0.25, 0.3) is 10.9 Å². The van der Waals surface area contributed by atoms with Crippen molar-refractivity contribution >= 4 is 22.7 Å². The highest BCUT2D eigenvalue weighted by Gasteiger charge is 2.50. The number of nitrogens with zero attached hydrogens (tertiary/aromatic N) is 2. The lowest BCUT2D eigenvalue weighted by Gasteiger charge is -2.49. The number of ether oxygens (including phenoxy) is 2. The Morgan fingerprint density at radius 1 is 0.943 bits per heavy atom. The van der Waals surface area contributed by atoms with Crippen LogP contribution in [0.5, 0.6) is 11.5 Å². The number of methoxy groups -OCH3 is 2. The van der Waals surface area contributed by atoms with Gasteiger partial charge in [0.25, 0.3) is 0 Å². The van der Waals surface area contributed by atoms with Crippen LogP contribution < -0.4 is 9.47 Å². The topological polar surface area (TPSA) is 74.9 Å². The zero-order chi connectivity index (χ0) is 24.1. The number of benzene rings is 2. The maximum Gasteiger partial charge on any atom is 0.246 e. The van der Waals surface area contributed by atoms with E-state index in [0.29, 0.717) is 17.9 Å². The number of H-pyrrole nitrogens is 1. The first kappa shape index (κ1) is 22.0. The van der Waals surface area contributed by atoms with Gasteiger partial charge in [0.1, 0.15) is 18.6 Å². The second-order valence-electron chi connectivity index (χ2n) is 9.83. The van der Waals surface area contributed by atoms with E-state index in [-0.39, 0.29) is 24.4 Å². The molecule has 0 bridgehead atoms. The fourth-order valence-corrected chi connectivity index (χ4v) is 6.44. The van der Waals surface area contributed by atoms with Crippen molar-refractivity contribution in [3.63, 3.8) is 0 Å². The molecular weight excluding hydrogens is 442 g/mol. The maximum absolute atomic E-state index is 14.0. The molecular formula is C28H31N3O4. The molecule has 1 aromatic heterocycles. The number of aromatic nitrogens is 1. The second-order valence-corrected chi connectivity index (χ2v) is 9.83. The third-order valence-corrected chi connectivity index (χ3v) is 8.04. The van der Waals surface area contributed by atoms with Crippen molar-refractivity contribution in [3.05, 3.63) is 59.3 Å². The molecule has 6 rings (SSSR count). The summed E-state index contributed by atoms with van der Waals surface area (Å²) in [6.07, 6.45) is 5.92. The van der Waals surface area contributed by atoms with Crippen molar-refractivity contribution in [2.45, 2.75) is 56.7 Å². The summed E-state index contributed by atoms with van der Waals surface area (Å²) in [6, 6.07) is 13.0. The van der Waals surface area contributed by atoms with Gasteiger partial charge in [0.05, 0.1) is 14.2 Å². The highest BCUT2D eigenvalue weighted by atomic mass is 16.5. The molecule has 2 amide bonds. The number of piperazine rings is 1. The van der Waals surface area contributed by atoms with Crippen molar-refractivity contribution in [2.75, 3.05) is 20.8 Å². The SMILES string of the molecule is COc1cccc(C2c3[nH]c4ccccc4c3C[C@@H]3C(=O)N(C4CCCCC4)CC(=O)N23)c1OC. The molecule has 3 heterocycles. The molecule has 3 aromatic rings. The monoisotopic (exact) mass is 473 g/mol. The first-order chi connectivity index (χ1) is 17.1. The maximum atomic E-state index is 14.0. The fraction of sp³-hybridized carbons (Fsp3) is 0.429. The van der Waals surface area contributed by atoms with E-state index in [2.05, 4.69) is 11.1 Å². The van der Waals surface area contributed by atoms with E-state index in [1.165, 1.54) is 6.42 Å². The van der Waals surface area contributed by atoms with Crippen LogP contribution in [-0.2, 0) is 16.0 Å². The molecule has 1 saturated carbocycles. The molecule has 7 heteroatoms. The number of fused-ring (bicyclic) bond motifs is 4. The Kier molecular flexibility index (Phi) is 5.43. The molecule has 2 aliphatic heterocycles. The standard InChI is InChI=1S/C28H31N3O4/c1-34-23-14-8-12-19(27(23)35-2)26-25-20(18-11-6-7-13-21(18)29-25)15-22-28(33)30(16-24(32)31(22)26)17-9-4-3-5-10-17/h6-8,11-14,17,22,26,29H,3-5,9-10,15-16H2,1-2H3/t22-,26?/m1/s1. The summed E-state index contributed by atoms with van der Waals surface area (Å²) in [5.41, 5.74) is 3.87. The molecule has 1 N–H and O–H groups in total. The van der Waals surface area contributed by atoms with E-state index in [1.807, 2.05) is 41.3 Å². The van der Waals surface area contributed by atoms with Gasteiger partial charge in [0, 0.05) is 34.6 Å². The van der Waals surface area contributed by atoms with E-state index in [4.69, 9.17) is 9.47 Å². The molecule has 3 aliphatic rings. The highest BCUT2D eigenvalue weighted by Crippen LogP contribution is 2.47. The minimum absolute atomic E-state index is 0.0145. The number of nitrogens with one attached hydrogen (secondary N) is 1. The van der Waals surface area contributed by atoms with Gasteiger partial charge in [-0.25, -0.2) is 0 Å². The van der Waals surface area contributed by atoms with Gasteiger partial charge in [-0.1, -0.05) is 49.6 Å². The van der Waals surface area contributed by atoms with Gasteiger partial charge in [0.2, 0.25) is 11.8 Å². The van der Waals surface area contributed by atoms with Crippen molar-refractivity contribution in [1.82, 2.24) is 14.8 Å². The van der Waals surface area contributed by atoms with Crippen LogP contribution in [0.4, 0.5) is 0 Å². The third-order valence-electron chi connectivity index (χ3n) is 8.04. The van der Waals surface area contributed by atoms with Gasteiger partial charge in [-0.05, 0) is 30.5 Å². The van der Waals surface area contributed by atoms with E-state index < -0.39 is 12.1 Å². The summed E-state index contributed by atoms with van der Waals surface area (Å²) in [7, 11) is 3.22. The third kappa shape index (κ3) is 3.39. The van der Waals surface area contributed by atoms with E-state index in [1.54, 1.807) is 19.1 Å². The molecule has 0 spiro atoms. The lowest BCUT2D eigenvalue weighted by molar-refractivity contribution is -0.161. The first-order valence-electron chi connectivity index (χ1n) is 12.5. The molecule has 2 fully saturated rings. The van der Waals surface area contributed by atoms with Gasteiger partial charge in [0.15, 0.2) is 11.5 Å². The summed E-state index contributed by atoms with van der Waals surface area (Å²) < 4.78 is 11.4. The molecule has 1 aliphatic carbocycles.